The van der Waals surface area contributed by atoms with Gasteiger partial charge in [0.25, 0.3) is 0 Å². The van der Waals surface area contributed by atoms with E-state index in [1.807, 2.05) is 31.3 Å². The lowest BCUT2D eigenvalue weighted by Gasteiger charge is -2.13. The molecule has 1 aromatic carbocycles. The third-order valence-electron chi connectivity index (χ3n) is 2.70. The predicted octanol–water partition coefficient (Wildman–Crippen LogP) is 4.73. The molecule has 15 heavy (non-hydrogen) atoms. The monoisotopic (exact) mass is 240 g/mol. The van der Waals surface area contributed by atoms with Crippen molar-refractivity contribution in [3.8, 4) is 0 Å². The summed E-state index contributed by atoms with van der Waals surface area (Å²) in [6, 6.07) is 5.99. The molecule has 0 saturated carbocycles. The van der Waals surface area contributed by atoms with E-state index in [4.69, 9.17) is 23.2 Å². The molecule has 1 atom stereocenters. The Morgan fingerprint density at radius 2 is 1.87 bits per heavy atom. The highest BCUT2D eigenvalue weighted by atomic mass is 35.5. The fourth-order valence-electron chi connectivity index (χ4n) is 1.71. The van der Waals surface area contributed by atoms with Crippen LogP contribution < -0.4 is 0 Å². The van der Waals surface area contributed by atoms with Crippen LogP contribution in [-0.2, 0) is 0 Å². The highest BCUT2D eigenvalue weighted by Gasteiger charge is 2.11. The Kier molecular flexibility index (Phi) is 2.94. The first-order valence-electron chi connectivity index (χ1n) is 4.89. The van der Waals surface area contributed by atoms with E-state index in [1.54, 1.807) is 0 Å². The fraction of sp³-hybridized carbons (Fsp3) is 0.250. The SMILES string of the molecule is C[CH]C(C)n1ccc2c(Cl)ccc(Cl)c21. The summed E-state index contributed by atoms with van der Waals surface area (Å²) < 4.78 is 2.13. The fourth-order valence-corrected chi connectivity index (χ4v) is 2.19. The highest BCUT2D eigenvalue weighted by molar-refractivity contribution is 6.40. The molecular weight excluding hydrogens is 229 g/mol. The second-order valence-electron chi connectivity index (χ2n) is 3.59. The van der Waals surface area contributed by atoms with Crippen LogP contribution in [0.1, 0.15) is 19.9 Å². The van der Waals surface area contributed by atoms with Gasteiger partial charge < -0.3 is 4.57 Å². The second-order valence-corrected chi connectivity index (χ2v) is 4.40. The van der Waals surface area contributed by atoms with Crippen LogP contribution in [0.15, 0.2) is 24.4 Å². The van der Waals surface area contributed by atoms with Crippen LogP contribution >= 0.6 is 23.2 Å². The van der Waals surface area contributed by atoms with E-state index < -0.39 is 0 Å². The van der Waals surface area contributed by atoms with Gasteiger partial charge in [0.15, 0.2) is 0 Å². The summed E-state index contributed by atoms with van der Waals surface area (Å²) in [4.78, 5) is 0. The molecule has 0 fully saturated rings. The van der Waals surface area contributed by atoms with Gasteiger partial charge in [-0.2, -0.15) is 0 Å². The van der Waals surface area contributed by atoms with Gasteiger partial charge in [0.05, 0.1) is 15.6 Å². The van der Waals surface area contributed by atoms with Gasteiger partial charge in [-0.15, -0.1) is 0 Å². The summed E-state index contributed by atoms with van der Waals surface area (Å²) in [6.07, 6.45) is 4.14. The lowest BCUT2D eigenvalue weighted by Crippen LogP contribution is -2.02. The minimum absolute atomic E-state index is 0.318. The van der Waals surface area contributed by atoms with Crippen LogP contribution in [0.3, 0.4) is 0 Å². The molecule has 0 bridgehead atoms. The van der Waals surface area contributed by atoms with Crippen LogP contribution in [0.25, 0.3) is 10.9 Å². The third-order valence-corrected chi connectivity index (χ3v) is 3.33. The molecule has 0 N–H and O–H groups in total. The van der Waals surface area contributed by atoms with Crippen LogP contribution in [-0.4, -0.2) is 4.57 Å². The van der Waals surface area contributed by atoms with Gasteiger partial charge in [-0.3, -0.25) is 0 Å². The summed E-state index contributed by atoms with van der Waals surface area (Å²) >= 11 is 12.3. The number of aromatic nitrogens is 1. The van der Waals surface area contributed by atoms with Crippen molar-refractivity contribution in [1.82, 2.24) is 4.57 Å². The van der Waals surface area contributed by atoms with Gasteiger partial charge in [-0.25, -0.2) is 0 Å². The largest absolute Gasteiger partial charge is 0.343 e. The molecule has 3 heteroatoms. The van der Waals surface area contributed by atoms with Crippen molar-refractivity contribution in [2.45, 2.75) is 19.9 Å². The number of rotatable bonds is 2. The summed E-state index contributed by atoms with van der Waals surface area (Å²) in [5, 5.41) is 2.50. The number of hydrogen-bond acceptors (Lipinski definition) is 0. The Morgan fingerprint density at radius 1 is 1.20 bits per heavy atom. The number of nitrogens with zero attached hydrogens (tertiary/aromatic N) is 1. The normalized spacial score (nSPS) is 13.3. The molecule has 1 radical (unpaired) electrons. The zero-order valence-electron chi connectivity index (χ0n) is 8.67. The predicted molar refractivity (Wildman–Crippen MR) is 66.6 cm³/mol. The molecule has 79 valence electrons. The molecule has 1 nitrogen and oxygen atoms in total. The molecule has 2 rings (SSSR count). The molecule has 1 heterocycles. The molecular formula is C12H12Cl2N. The summed E-state index contributed by atoms with van der Waals surface area (Å²) in [7, 11) is 0. The maximum atomic E-state index is 6.18. The van der Waals surface area contributed by atoms with E-state index in [2.05, 4.69) is 17.9 Å². The number of hydrogen-bond donors (Lipinski definition) is 0. The average Bonchev–Trinajstić information content (AvgIpc) is 2.68. The summed E-state index contributed by atoms with van der Waals surface area (Å²) in [5.74, 6) is 0. The highest BCUT2D eigenvalue weighted by Crippen LogP contribution is 2.32. The van der Waals surface area contributed by atoms with Crippen molar-refractivity contribution in [2.24, 2.45) is 0 Å². The smallest absolute Gasteiger partial charge is 0.0687 e. The number of fused-ring (bicyclic) bond motifs is 1. The van der Waals surface area contributed by atoms with E-state index in [1.165, 1.54) is 0 Å². The topological polar surface area (TPSA) is 4.93 Å². The van der Waals surface area contributed by atoms with Crippen molar-refractivity contribution in [1.29, 1.82) is 0 Å². The van der Waals surface area contributed by atoms with Crippen molar-refractivity contribution in [3.05, 3.63) is 40.9 Å². The summed E-state index contributed by atoms with van der Waals surface area (Å²) in [5.41, 5.74) is 1.01. The van der Waals surface area contributed by atoms with Crippen LogP contribution in [0.4, 0.5) is 0 Å². The average molecular weight is 241 g/mol. The van der Waals surface area contributed by atoms with E-state index in [0.717, 1.165) is 20.9 Å². The van der Waals surface area contributed by atoms with Gasteiger partial charge in [0, 0.05) is 17.6 Å². The standard InChI is InChI=1S/C12H12Cl2N/c1-3-8(2)15-7-6-9-10(13)4-5-11(14)12(9)15/h3-8H,1-2H3. The van der Waals surface area contributed by atoms with Crippen molar-refractivity contribution >= 4 is 34.1 Å². The first-order chi connectivity index (χ1) is 7.15. The molecule has 2 aromatic rings. The molecule has 0 saturated heterocycles. The molecule has 1 unspecified atom stereocenters. The van der Waals surface area contributed by atoms with Gasteiger partial charge in [-0.05, 0) is 31.5 Å². The van der Waals surface area contributed by atoms with Crippen molar-refractivity contribution in [2.75, 3.05) is 0 Å². The van der Waals surface area contributed by atoms with Gasteiger partial charge in [-0.1, -0.05) is 30.1 Å². The van der Waals surface area contributed by atoms with Crippen molar-refractivity contribution in [3.63, 3.8) is 0 Å². The Bertz CT molecular complexity index is 488. The maximum absolute atomic E-state index is 6.18. The van der Waals surface area contributed by atoms with E-state index >= 15 is 0 Å². The zero-order chi connectivity index (χ0) is 11.0. The third kappa shape index (κ3) is 1.75. The first-order valence-corrected chi connectivity index (χ1v) is 5.64. The minimum Gasteiger partial charge on any atom is -0.343 e. The Morgan fingerprint density at radius 3 is 2.53 bits per heavy atom. The molecule has 0 amide bonds. The van der Waals surface area contributed by atoms with Crippen LogP contribution in [0.5, 0.6) is 0 Å². The van der Waals surface area contributed by atoms with Crippen LogP contribution in [0, 0.1) is 6.42 Å². The van der Waals surface area contributed by atoms with Gasteiger partial charge in [0.2, 0.25) is 0 Å². The van der Waals surface area contributed by atoms with E-state index in [-0.39, 0.29) is 0 Å². The van der Waals surface area contributed by atoms with Crippen molar-refractivity contribution < 1.29 is 0 Å². The second kappa shape index (κ2) is 4.07. The van der Waals surface area contributed by atoms with E-state index in [0.29, 0.717) is 6.04 Å². The first kappa shape index (κ1) is 10.8. The Labute approximate surface area is 99.6 Å². The molecule has 0 spiro atoms. The lowest BCUT2D eigenvalue weighted by molar-refractivity contribution is 0.643. The molecule has 1 aromatic heterocycles. The summed E-state index contributed by atoms with van der Waals surface area (Å²) in [6.45, 7) is 4.16. The number of halogens is 2. The number of benzene rings is 1. The Balaban J connectivity index is 2.73. The zero-order valence-corrected chi connectivity index (χ0v) is 10.2. The molecule has 0 aliphatic heterocycles. The lowest BCUT2D eigenvalue weighted by atomic mass is 10.2. The van der Waals surface area contributed by atoms with E-state index in [9.17, 15) is 0 Å². The van der Waals surface area contributed by atoms with Gasteiger partial charge in [0.1, 0.15) is 0 Å². The quantitative estimate of drug-likeness (QED) is 0.716. The molecule has 0 aliphatic rings. The maximum Gasteiger partial charge on any atom is 0.0687 e. The minimum atomic E-state index is 0.318. The van der Waals surface area contributed by atoms with Crippen LogP contribution in [0.2, 0.25) is 10.0 Å². The molecule has 0 aliphatic carbocycles. The Hall–Kier alpha value is -0.660. The van der Waals surface area contributed by atoms with Gasteiger partial charge >= 0.3 is 0 Å².